The smallest absolute Gasteiger partial charge is 0.320 e. The van der Waals surface area contributed by atoms with E-state index in [9.17, 15) is 4.79 Å². The molecule has 2 aromatic carbocycles. The van der Waals surface area contributed by atoms with E-state index in [0.717, 1.165) is 11.1 Å². The maximum absolute atomic E-state index is 12.0. The van der Waals surface area contributed by atoms with E-state index >= 15 is 0 Å². The quantitative estimate of drug-likeness (QED) is 0.687. The Hall–Kier alpha value is -2.50. The van der Waals surface area contributed by atoms with Gasteiger partial charge in [0.1, 0.15) is 0 Å². The molecule has 1 aromatic heterocycles. The van der Waals surface area contributed by atoms with Crippen LogP contribution in [0.25, 0.3) is 0 Å². The van der Waals surface area contributed by atoms with Gasteiger partial charge in [-0.25, -0.2) is 4.79 Å². The predicted octanol–water partition coefficient (Wildman–Crippen LogP) is 4.56. The van der Waals surface area contributed by atoms with Crippen LogP contribution in [-0.4, -0.2) is 15.8 Å². The first-order chi connectivity index (χ1) is 12.1. The van der Waals surface area contributed by atoms with Gasteiger partial charge in [0.25, 0.3) is 0 Å². The molecule has 0 saturated heterocycles. The molecular formula is C18H16Cl2N4O. The molecule has 0 fully saturated rings. The normalized spacial score (nSPS) is 10.5. The number of benzene rings is 2. The van der Waals surface area contributed by atoms with Crippen LogP contribution in [-0.2, 0) is 13.1 Å². The highest BCUT2D eigenvalue weighted by molar-refractivity contribution is 6.35. The molecule has 7 heteroatoms. The van der Waals surface area contributed by atoms with Crippen molar-refractivity contribution in [2.75, 3.05) is 5.32 Å². The summed E-state index contributed by atoms with van der Waals surface area (Å²) in [7, 11) is 0. The Bertz CT molecular complexity index is 865. The summed E-state index contributed by atoms with van der Waals surface area (Å²) in [5, 5.41) is 10.8. The van der Waals surface area contributed by atoms with E-state index in [2.05, 4.69) is 15.7 Å². The molecule has 0 atom stereocenters. The summed E-state index contributed by atoms with van der Waals surface area (Å²) in [4.78, 5) is 12.0. The van der Waals surface area contributed by atoms with Crippen molar-refractivity contribution < 1.29 is 4.79 Å². The number of rotatable bonds is 5. The number of aromatic nitrogens is 2. The number of urea groups is 1. The summed E-state index contributed by atoms with van der Waals surface area (Å²) in [6.45, 7) is 0.942. The second kappa shape index (κ2) is 8.05. The molecule has 1 heterocycles. The van der Waals surface area contributed by atoms with Gasteiger partial charge in [0.05, 0.1) is 6.54 Å². The first-order valence-electron chi connectivity index (χ1n) is 7.66. The van der Waals surface area contributed by atoms with Crippen LogP contribution >= 0.6 is 23.2 Å². The minimum absolute atomic E-state index is 0.298. The molecule has 3 aromatic rings. The highest BCUT2D eigenvalue weighted by Gasteiger charge is 2.07. The molecule has 0 saturated carbocycles. The molecule has 128 valence electrons. The molecule has 25 heavy (non-hydrogen) atoms. The van der Waals surface area contributed by atoms with Gasteiger partial charge in [0.2, 0.25) is 0 Å². The molecule has 0 spiro atoms. The number of carbonyl (C=O) groups excluding carboxylic acids is 1. The fraction of sp³-hybridized carbons (Fsp3) is 0.111. The average molecular weight is 375 g/mol. The SMILES string of the molecule is O=C(NCc1ccc(Cl)cc1Cl)Nc1ccn(Cc2ccccc2)n1. The van der Waals surface area contributed by atoms with Gasteiger partial charge < -0.3 is 5.32 Å². The van der Waals surface area contributed by atoms with Gasteiger partial charge in [-0.1, -0.05) is 59.6 Å². The molecule has 3 rings (SSSR count). The number of nitrogens with zero attached hydrogens (tertiary/aromatic N) is 2. The molecule has 2 N–H and O–H groups in total. The minimum Gasteiger partial charge on any atom is -0.334 e. The van der Waals surface area contributed by atoms with Crippen molar-refractivity contribution in [1.29, 1.82) is 0 Å². The second-order valence-corrected chi connectivity index (χ2v) is 6.27. The maximum atomic E-state index is 12.0. The molecule has 2 amide bonds. The van der Waals surface area contributed by atoms with Gasteiger partial charge in [-0.05, 0) is 23.3 Å². The number of anilines is 1. The van der Waals surface area contributed by atoms with Gasteiger partial charge in [-0.15, -0.1) is 0 Å². The van der Waals surface area contributed by atoms with Crippen LogP contribution in [0.2, 0.25) is 10.0 Å². The zero-order valence-electron chi connectivity index (χ0n) is 13.2. The monoisotopic (exact) mass is 374 g/mol. The molecular weight excluding hydrogens is 359 g/mol. The molecule has 0 unspecified atom stereocenters. The first-order valence-corrected chi connectivity index (χ1v) is 8.42. The highest BCUT2D eigenvalue weighted by atomic mass is 35.5. The zero-order valence-corrected chi connectivity index (χ0v) is 14.8. The van der Waals surface area contributed by atoms with Crippen molar-refractivity contribution in [2.45, 2.75) is 13.1 Å². The third-order valence-corrected chi connectivity index (χ3v) is 4.11. The molecule has 0 aliphatic heterocycles. The zero-order chi connectivity index (χ0) is 17.6. The van der Waals surface area contributed by atoms with Gasteiger partial charge in [-0.2, -0.15) is 5.10 Å². The predicted molar refractivity (Wildman–Crippen MR) is 100 cm³/mol. The van der Waals surface area contributed by atoms with Crippen LogP contribution < -0.4 is 10.6 Å². The van der Waals surface area contributed by atoms with E-state index < -0.39 is 0 Å². The minimum atomic E-state index is -0.351. The van der Waals surface area contributed by atoms with Gasteiger partial charge in [0.15, 0.2) is 5.82 Å². The van der Waals surface area contributed by atoms with Gasteiger partial charge in [0, 0.05) is 28.9 Å². The fourth-order valence-electron chi connectivity index (χ4n) is 2.29. The molecule has 5 nitrogen and oxygen atoms in total. The number of hydrogen-bond donors (Lipinski definition) is 2. The lowest BCUT2D eigenvalue weighted by Crippen LogP contribution is -2.28. The lowest BCUT2D eigenvalue weighted by molar-refractivity contribution is 0.251. The topological polar surface area (TPSA) is 59.0 Å². The van der Waals surface area contributed by atoms with Crippen molar-refractivity contribution in [1.82, 2.24) is 15.1 Å². The van der Waals surface area contributed by atoms with Crippen molar-refractivity contribution in [2.24, 2.45) is 0 Å². The lowest BCUT2D eigenvalue weighted by Gasteiger charge is -2.07. The van der Waals surface area contributed by atoms with Gasteiger partial charge >= 0.3 is 6.03 Å². The Morgan fingerprint density at radius 1 is 1.08 bits per heavy atom. The van der Waals surface area contributed by atoms with E-state index in [0.29, 0.717) is 29.0 Å². The van der Waals surface area contributed by atoms with Crippen LogP contribution in [0.4, 0.5) is 10.6 Å². The first kappa shape index (κ1) is 17.3. The maximum Gasteiger partial charge on any atom is 0.320 e. The van der Waals surface area contributed by atoms with E-state index in [1.807, 2.05) is 36.5 Å². The third kappa shape index (κ3) is 4.98. The summed E-state index contributed by atoms with van der Waals surface area (Å²) < 4.78 is 1.76. The largest absolute Gasteiger partial charge is 0.334 e. The molecule has 0 aliphatic carbocycles. The summed E-state index contributed by atoms with van der Waals surface area (Å²) in [5.74, 6) is 0.482. The Balaban J connectivity index is 1.53. The summed E-state index contributed by atoms with van der Waals surface area (Å²) >= 11 is 11.9. The third-order valence-electron chi connectivity index (χ3n) is 3.52. The molecule has 0 radical (unpaired) electrons. The Morgan fingerprint density at radius 2 is 1.88 bits per heavy atom. The fourth-order valence-corrected chi connectivity index (χ4v) is 2.76. The summed E-state index contributed by atoms with van der Waals surface area (Å²) in [6.07, 6.45) is 1.82. The van der Waals surface area contributed by atoms with Crippen LogP contribution in [0, 0.1) is 0 Å². The number of halogens is 2. The van der Waals surface area contributed by atoms with Crippen LogP contribution in [0.5, 0.6) is 0 Å². The van der Waals surface area contributed by atoms with E-state index in [4.69, 9.17) is 23.2 Å². The van der Waals surface area contributed by atoms with Crippen LogP contribution in [0.1, 0.15) is 11.1 Å². The van der Waals surface area contributed by atoms with Crippen LogP contribution in [0.3, 0.4) is 0 Å². The lowest BCUT2D eigenvalue weighted by atomic mass is 10.2. The number of carbonyl (C=O) groups is 1. The number of hydrogen-bond acceptors (Lipinski definition) is 2. The van der Waals surface area contributed by atoms with E-state index in [1.54, 1.807) is 28.9 Å². The second-order valence-electron chi connectivity index (χ2n) is 5.43. The van der Waals surface area contributed by atoms with Crippen LogP contribution in [0.15, 0.2) is 60.8 Å². The average Bonchev–Trinajstić information content (AvgIpc) is 3.02. The van der Waals surface area contributed by atoms with Crippen molar-refractivity contribution >= 4 is 35.1 Å². The standard InChI is InChI=1S/C18H16Cl2N4O/c19-15-7-6-14(16(20)10-15)11-21-18(25)22-17-8-9-24(23-17)12-13-4-2-1-3-5-13/h1-10H,11-12H2,(H2,21,22,23,25). The van der Waals surface area contributed by atoms with E-state index in [1.165, 1.54) is 0 Å². The van der Waals surface area contributed by atoms with Crippen molar-refractivity contribution in [3.8, 4) is 0 Å². The van der Waals surface area contributed by atoms with E-state index in [-0.39, 0.29) is 6.03 Å². The summed E-state index contributed by atoms with van der Waals surface area (Å²) in [6, 6.07) is 16.5. The number of amides is 2. The van der Waals surface area contributed by atoms with Crippen molar-refractivity contribution in [3.05, 3.63) is 82.0 Å². The number of nitrogens with one attached hydrogen (secondary N) is 2. The molecule has 0 aliphatic rings. The van der Waals surface area contributed by atoms with Crippen molar-refractivity contribution in [3.63, 3.8) is 0 Å². The van der Waals surface area contributed by atoms with Gasteiger partial charge in [-0.3, -0.25) is 10.00 Å². The highest BCUT2D eigenvalue weighted by Crippen LogP contribution is 2.20. The summed E-state index contributed by atoms with van der Waals surface area (Å²) in [5.41, 5.74) is 1.93. The molecule has 0 bridgehead atoms. The Kier molecular flexibility index (Phi) is 5.58. The Labute approximate surface area is 155 Å². The Morgan fingerprint density at radius 3 is 2.64 bits per heavy atom.